The van der Waals surface area contributed by atoms with Crippen molar-refractivity contribution in [1.82, 2.24) is 0 Å². The number of pyridine rings is 1. The minimum atomic E-state index is 0.219. The fraction of sp³-hybridized carbons (Fsp3) is 0.444. The summed E-state index contributed by atoms with van der Waals surface area (Å²) >= 11 is 0. The summed E-state index contributed by atoms with van der Waals surface area (Å²) in [5.41, 5.74) is 6.13. The van der Waals surface area contributed by atoms with Crippen molar-refractivity contribution in [2.24, 2.45) is 0 Å². The normalized spacial score (nSPS) is 17.4. The Kier molecular flexibility index (Phi) is 5.27. The van der Waals surface area contributed by atoms with Gasteiger partial charge in [0, 0.05) is 12.5 Å². The molecule has 0 amide bonds. The van der Waals surface area contributed by atoms with Crippen molar-refractivity contribution < 1.29 is 4.57 Å². The number of rotatable bonds is 6. The summed E-state index contributed by atoms with van der Waals surface area (Å²) in [5, 5.41) is 2.86. The Morgan fingerprint density at radius 3 is 2.36 bits per heavy atom. The maximum atomic E-state index is 2.61. The van der Waals surface area contributed by atoms with Gasteiger partial charge >= 0.3 is 0 Å². The topological polar surface area (TPSA) is 3.88 Å². The van der Waals surface area contributed by atoms with Crippen molar-refractivity contribution in [2.75, 3.05) is 0 Å². The minimum absolute atomic E-state index is 0.219. The van der Waals surface area contributed by atoms with Crippen LogP contribution in [0, 0.1) is 0 Å². The van der Waals surface area contributed by atoms with Crippen LogP contribution in [0.4, 0.5) is 0 Å². The third kappa shape index (κ3) is 2.70. The number of benzene rings is 2. The predicted octanol–water partition coefficient (Wildman–Crippen LogP) is 7.16. The molecule has 1 nitrogen and oxygen atoms in total. The number of nitrogens with zero attached hydrogens (tertiary/aromatic N) is 1. The maximum Gasteiger partial charge on any atom is 0.220 e. The quantitative estimate of drug-likeness (QED) is 0.404. The molecular weight excluding hydrogens is 338 g/mol. The molecule has 2 aromatic carbocycles. The molecule has 0 saturated carbocycles. The van der Waals surface area contributed by atoms with Crippen LogP contribution in [-0.2, 0) is 11.8 Å². The third-order valence-electron chi connectivity index (χ3n) is 7.25. The Morgan fingerprint density at radius 2 is 1.64 bits per heavy atom. The SMILES string of the molecule is CCCCc1cccc2c3[n+](ccc12)C(CC)C(CC)(CC)c1ccccc1-3. The summed E-state index contributed by atoms with van der Waals surface area (Å²) in [6.45, 7) is 9.38. The van der Waals surface area contributed by atoms with Gasteiger partial charge in [-0.15, -0.1) is 0 Å². The van der Waals surface area contributed by atoms with Gasteiger partial charge in [0.2, 0.25) is 5.69 Å². The van der Waals surface area contributed by atoms with E-state index in [-0.39, 0.29) is 5.41 Å². The van der Waals surface area contributed by atoms with Crippen LogP contribution in [0.1, 0.15) is 77.0 Å². The van der Waals surface area contributed by atoms with Crippen molar-refractivity contribution in [1.29, 1.82) is 0 Å². The molecule has 1 heteroatoms. The molecule has 2 heterocycles. The zero-order chi connectivity index (χ0) is 19.7. The van der Waals surface area contributed by atoms with Gasteiger partial charge in [0.05, 0.1) is 16.4 Å². The average molecular weight is 373 g/mol. The van der Waals surface area contributed by atoms with Crippen LogP contribution < -0.4 is 4.57 Å². The first-order valence-corrected chi connectivity index (χ1v) is 11.3. The summed E-state index contributed by atoms with van der Waals surface area (Å²) in [7, 11) is 0. The molecule has 28 heavy (non-hydrogen) atoms. The van der Waals surface area contributed by atoms with E-state index in [4.69, 9.17) is 0 Å². The largest absolute Gasteiger partial charge is 0.220 e. The first-order chi connectivity index (χ1) is 13.7. The first-order valence-electron chi connectivity index (χ1n) is 11.3. The lowest BCUT2D eigenvalue weighted by Crippen LogP contribution is -2.55. The standard InChI is InChI=1S/C27H34N/c1-5-9-13-20-14-12-16-22-21(20)18-19-28-25(6-2)27(7-3,8-4)24-17-11-10-15-23(24)26(22)28/h10-12,14-19,25H,5-9,13H2,1-4H3/q+1. The molecular formula is C27H34N+. The number of hydrogen-bond donors (Lipinski definition) is 0. The Hall–Kier alpha value is -2.15. The van der Waals surface area contributed by atoms with E-state index >= 15 is 0 Å². The summed E-state index contributed by atoms with van der Waals surface area (Å²) in [5.74, 6) is 0. The number of aromatic nitrogens is 1. The summed E-state index contributed by atoms with van der Waals surface area (Å²) in [4.78, 5) is 0. The van der Waals surface area contributed by atoms with E-state index in [0.29, 0.717) is 6.04 Å². The fourth-order valence-corrected chi connectivity index (χ4v) is 5.77. The van der Waals surface area contributed by atoms with Gasteiger partial charge in [-0.1, -0.05) is 64.4 Å². The molecule has 0 spiro atoms. The second-order valence-corrected chi connectivity index (χ2v) is 8.39. The monoisotopic (exact) mass is 372 g/mol. The van der Waals surface area contributed by atoms with Gasteiger partial charge in [-0.25, -0.2) is 0 Å². The van der Waals surface area contributed by atoms with Crippen molar-refractivity contribution in [2.45, 2.75) is 77.7 Å². The Bertz CT molecular complexity index is 981. The number of fused-ring (bicyclic) bond motifs is 5. The van der Waals surface area contributed by atoms with Crippen molar-refractivity contribution in [3.63, 3.8) is 0 Å². The average Bonchev–Trinajstić information content (AvgIpc) is 2.76. The minimum Gasteiger partial charge on any atom is -0.194 e. The van der Waals surface area contributed by atoms with E-state index in [1.165, 1.54) is 59.7 Å². The molecule has 0 bridgehead atoms. The van der Waals surface area contributed by atoms with Gasteiger partial charge in [0.25, 0.3) is 0 Å². The van der Waals surface area contributed by atoms with Gasteiger partial charge in [0.15, 0.2) is 12.2 Å². The molecule has 0 radical (unpaired) electrons. The highest BCUT2D eigenvalue weighted by molar-refractivity contribution is 5.96. The lowest BCUT2D eigenvalue weighted by atomic mass is 9.65. The van der Waals surface area contributed by atoms with Crippen molar-refractivity contribution in [3.05, 3.63) is 65.9 Å². The molecule has 4 rings (SSSR count). The lowest BCUT2D eigenvalue weighted by Gasteiger charge is -2.41. The highest BCUT2D eigenvalue weighted by atomic mass is 15.0. The molecule has 146 valence electrons. The second-order valence-electron chi connectivity index (χ2n) is 8.39. The van der Waals surface area contributed by atoms with Gasteiger partial charge in [-0.2, -0.15) is 4.57 Å². The molecule has 1 aliphatic rings. The molecule has 1 aromatic heterocycles. The summed E-state index contributed by atoms with van der Waals surface area (Å²) < 4.78 is 2.61. The molecule has 3 aromatic rings. The number of unbranched alkanes of at least 4 members (excludes halogenated alkanes) is 1. The molecule has 1 atom stereocenters. The van der Waals surface area contributed by atoms with E-state index in [2.05, 4.69) is 87.0 Å². The summed E-state index contributed by atoms with van der Waals surface area (Å²) in [6, 6.07) is 19.0. The van der Waals surface area contributed by atoms with Crippen LogP contribution in [0.25, 0.3) is 22.0 Å². The number of hydrogen-bond acceptors (Lipinski definition) is 0. The lowest BCUT2D eigenvalue weighted by molar-refractivity contribution is -0.724. The zero-order valence-electron chi connectivity index (χ0n) is 18.0. The molecule has 0 fully saturated rings. The van der Waals surface area contributed by atoms with Crippen LogP contribution in [-0.4, -0.2) is 0 Å². The zero-order valence-corrected chi connectivity index (χ0v) is 18.0. The highest BCUT2D eigenvalue weighted by Gasteiger charge is 2.49. The molecule has 0 aliphatic carbocycles. The van der Waals surface area contributed by atoms with E-state index in [0.717, 1.165) is 6.42 Å². The fourth-order valence-electron chi connectivity index (χ4n) is 5.77. The van der Waals surface area contributed by atoms with Crippen LogP contribution in [0.2, 0.25) is 0 Å². The Balaban J connectivity index is 2.05. The molecule has 1 unspecified atom stereocenters. The van der Waals surface area contributed by atoms with Crippen molar-refractivity contribution >= 4 is 10.8 Å². The van der Waals surface area contributed by atoms with Crippen LogP contribution >= 0.6 is 0 Å². The van der Waals surface area contributed by atoms with Gasteiger partial charge < -0.3 is 0 Å². The van der Waals surface area contributed by atoms with Crippen LogP contribution in [0.5, 0.6) is 0 Å². The van der Waals surface area contributed by atoms with E-state index in [9.17, 15) is 0 Å². The van der Waals surface area contributed by atoms with Gasteiger partial charge in [-0.3, -0.25) is 0 Å². The maximum absolute atomic E-state index is 2.61. The highest BCUT2D eigenvalue weighted by Crippen LogP contribution is 2.49. The predicted molar refractivity (Wildman–Crippen MR) is 120 cm³/mol. The second kappa shape index (κ2) is 7.70. The number of aryl methyl sites for hydroxylation is 1. The van der Waals surface area contributed by atoms with E-state index < -0.39 is 0 Å². The molecule has 1 aliphatic heterocycles. The van der Waals surface area contributed by atoms with Gasteiger partial charge in [0.1, 0.15) is 0 Å². The molecule has 0 N–H and O–H groups in total. The molecule has 0 saturated heterocycles. The van der Waals surface area contributed by atoms with E-state index in [1.54, 1.807) is 5.56 Å². The van der Waals surface area contributed by atoms with Gasteiger partial charge in [-0.05, 0) is 54.3 Å². The van der Waals surface area contributed by atoms with Crippen LogP contribution in [0.15, 0.2) is 54.7 Å². The van der Waals surface area contributed by atoms with Crippen molar-refractivity contribution in [3.8, 4) is 11.3 Å². The third-order valence-corrected chi connectivity index (χ3v) is 7.25. The van der Waals surface area contributed by atoms with E-state index in [1.807, 2.05) is 0 Å². The summed E-state index contributed by atoms with van der Waals surface area (Å²) in [6.07, 6.45) is 9.58. The Labute approximate surface area is 170 Å². The first kappa shape index (κ1) is 19.2. The Morgan fingerprint density at radius 1 is 0.857 bits per heavy atom. The van der Waals surface area contributed by atoms with Crippen LogP contribution in [0.3, 0.4) is 0 Å². The smallest absolute Gasteiger partial charge is 0.194 e.